The molecule has 1 aliphatic carbocycles. The van der Waals surface area contributed by atoms with Crippen molar-refractivity contribution >= 4 is 0 Å². The first kappa shape index (κ1) is 12.6. The number of aryl methyl sites for hydroxylation is 1. The number of hydrogen-bond donors (Lipinski definition) is 1. The van der Waals surface area contributed by atoms with E-state index in [9.17, 15) is 0 Å². The molecule has 0 heterocycles. The van der Waals surface area contributed by atoms with Gasteiger partial charge in [0.2, 0.25) is 0 Å². The van der Waals surface area contributed by atoms with Crippen LogP contribution in [0.2, 0.25) is 0 Å². The molecule has 1 aromatic carbocycles. The average molecular weight is 231 g/mol. The van der Waals surface area contributed by atoms with E-state index >= 15 is 0 Å². The van der Waals surface area contributed by atoms with E-state index in [1.165, 1.54) is 57.2 Å². The Morgan fingerprint density at radius 3 is 2.53 bits per heavy atom. The smallest absolute Gasteiger partial charge is 0.000516 e. The van der Waals surface area contributed by atoms with Gasteiger partial charge in [0.25, 0.3) is 0 Å². The Hall–Kier alpha value is -0.820. The zero-order valence-corrected chi connectivity index (χ0v) is 11.0. The van der Waals surface area contributed by atoms with Crippen molar-refractivity contribution in [3.8, 4) is 0 Å². The fourth-order valence-corrected chi connectivity index (χ4v) is 2.57. The summed E-state index contributed by atoms with van der Waals surface area (Å²) >= 11 is 0. The lowest BCUT2D eigenvalue weighted by Gasteiger charge is -2.38. The van der Waals surface area contributed by atoms with Crippen molar-refractivity contribution in [3.63, 3.8) is 0 Å². The molecule has 0 saturated heterocycles. The van der Waals surface area contributed by atoms with Gasteiger partial charge >= 0.3 is 0 Å². The summed E-state index contributed by atoms with van der Waals surface area (Å²) < 4.78 is 0. The van der Waals surface area contributed by atoms with Gasteiger partial charge in [-0.3, -0.25) is 0 Å². The van der Waals surface area contributed by atoms with Gasteiger partial charge in [0.1, 0.15) is 0 Å². The van der Waals surface area contributed by atoms with Gasteiger partial charge < -0.3 is 5.32 Å². The molecule has 1 fully saturated rings. The Morgan fingerprint density at radius 2 is 1.88 bits per heavy atom. The van der Waals surface area contributed by atoms with Crippen molar-refractivity contribution in [1.82, 2.24) is 5.32 Å². The molecule has 1 aromatic rings. The number of hydrogen-bond acceptors (Lipinski definition) is 1. The van der Waals surface area contributed by atoms with Crippen molar-refractivity contribution in [2.45, 2.75) is 45.4 Å². The maximum Gasteiger partial charge on any atom is 0.000516 e. The molecular formula is C16H25N. The van der Waals surface area contributed by atoms with Crippen LogP contribution in [0.3, 0.4) is 0 Å². The molecule has 0 aromatic heterocycles. The van der Waals surface area contributed by atoms with Crippen molar-refractivity contribution in [1.29, 1.82) is 0 Å². The molecule has 0 spiro atoms. The second kappa shape index (κ2) is 6.20. The summed E-state index contributed by atoms with van der Waals surface area (Å²) in [4.78, 5) is 0. The van der Waals surface area contributed by atoms with Crippen LogP contribution in [0.4, 0.5) is 0 Å². The largest absolute Gasteiger partial charge is 0.316 e. The Balaban J connectivity index is 1.49. The summed E-state index contributed by atoms with van der Waals surface area (Å²) in [5, 5.41) is 3.61. The lowest BCUT2D eigenvalue weighted by molar-refractivity contribution is 0.157. The molecule has 0 atom stereocenters. The van der Waals surface area contributed by atoms with Crippen molar-refractivity contribution in [2.24, 2.45) is 5.41 Å². The van der Waals surface area contributed by atoms with Gasteiger partial charge in [-0.25, -0.2) is 0 Å². The number of unbranched alkanes of at least 4 members (excludes halogenated alkanes) is 1. The average Bonchev–Trinajstić information content (AvgIpc) is 2.33. The van der Waals surface area contributed by atoms with E-state index in [0.717, 1.165) is 0 Å². The number of benzene rings is 1. The summed E-state index contributed by atoms with van der Waals surface area (Å²) in [6.07, 6.45) is 8.10. The summed E-state index contributed by atoms with van der Waals surface area (Å²) in [5.74, 6) is 0. The van der Waals surface area contributed by atoms with Crippen LogP contribution in [0.1, 0.15) is 44.6 Å². The topological polar surface area (TPSA) is 12.0 Å². The monoisotopic (exact) mass is 231 g/mol. The molecule has 1 N–H and O–H groups in total. The summed E-state index contributed by atoms with van der Waals surface area (Å²) in [5.41, 5.74) is 2.10. The van der Waals surface area contributed by atoms with Crippen LogP contribution in [0.5, 0.6) is 0 Å². The first-order valence-electron chi connectivity index (χ1n) is 7.03. The van der Waals surface area contributed by atoms with Gasteiger partial charge in [-0.15, -0.1) is 0 Å². The molecule has 0 aliphatic heterocycles. The van der Waals surface area contributed by atoms with Crippen molar-refractivity contribution in [3.05, 3.63) is 35.9 Å². The van der Waals surface area contributed by atoms with Gasteiger partial charge in [0.05, 0.1) is 0 Å². The molecule has 0 unspecified atom stereocenters. The van der Waals surface area contributed by atoms with E-state index in [0.29, 0.717) is 5.41 Å². The maximum absolute atomic E-state index is 3.61. The van der Waals surface area contributed by atoms with Gasteiger partial charge in [0.15, 0.2) is 0 Å². The van der Waals surface area contributed by atoms with Gasteiger partial charge in [0, 0.05) is 6.54 Å². The fraction of sp³-hybridized carbons (Fsp3) is 0.625. The Labute approximate surface area is 106 Å². The van der Waals surface area contributed by atoms with E-state index in [4.69, 9.17) is 0 Å². The molecule has 0 amide bonds. The first-order valence-corrected chi connectivity index (χ1v) is 7.03. The molecule has 1 heteroatoms. The molecule has 1 aliphatic rings. The van der Waals surface area contributed by atoms with E-state index < -0.39 is 0 Å². The van der Waals surface area contributed by atoms with Gasteiger partial charge in [-0.05, 0) is 49.6 Å². The number of rotatable bonds is 7. The minimum atomic E-state index is 0.624. The van der Waals surface area contributed by atoms with Crippen molar-refractivity contribution in [2.75, 3.05) is 13.1 Å². The first-order chi connectivity index (χ1) is 8.29. The molecule has 2 rings (SSSR count). The van der Waals surface area contributed by atoms with Gasteiger partial charge in [-0.1, -0.05) is 43.7 Å². The third-order valence-corrected chi connectivity index (χ3v) is 4.02. The van der Waals surface area contributed by atoms with Crippen molar-refractivity contribution < 1.29 is 0 Å². The molecule has 1 nitrogen and oxygen atoms in total. The van der Waals surface area contributed by atoms with Crippen LogP contribution in [-0.4, -0.2) is 13.1 Å². The molecule has 17 heavy (non-hydrogen) atoms. The highest BCUT2D eigenvalue weighted by Gasteiger charge is 2.30. The van der Waals surface area contributed by atoms with E-state index in [2.05, 4.69) is 42.6 Å². The lowest BCUT2D eigenvalue weighted by Crippen LogP contribution is -2.37. The van der Waals surface area contributed by atoms with Gasteiger partial charge in [-0.2, -0.15) is 0 Å². The second-order valence-electron chi connectivity index (χ2n) is 5.78. The van der Waals surface area contributed by atoms with E-state index in [-0.39, 0.29) is 0 Å². The minimum absolute atomic E-state index is 0.624. The normalized spacial score (nSPS) is 17.7. The van der Waals surface area contributed by atoms with Crippen LogP contribution in [-0.2, 0) is 6.42 Å². The van der Waals surface area contributed by atoms with E-state index in [1.807, 2.05) is 0 Å². The van der Waals surface area contributed by atoms with E-state index in [1.54, 1.807) is 0 Å². The van der Waals surface area contributed by atoms with Crippen LogP contribution in [0.25, 0.3) is 0 Å². The second-order valence-corrected chi connectivity index (χ2v) is 5.78. The highest BCUT2D eigenvalue weighted by Crippen LogP contribution is 2.39. The highest BCUT2D eigenvalue weighted by molar-refractivity contribution is 5.14. The predicted octanol–water partition coefficient (Wildman–Crippen LogP) is 3.79. The standard InChI is InChI=1S/C16H25N/c1-16(11-7-12-16)14-17-13-6-5-10-15-8-3-2-4-9-15/h2-4,8-9,17H,5-7,10-14H2,1H3. The summed E-state index contributed by atoms with van der Waals surface area (Å²) in [7, 11) is 0. The minimum Gasteiger partial charge on any atom is -0.316 e. The maximum atomic E-state index is 3.61. The third kappa shape index (κ3) is 4.16. The Kier molecular flexibility index (Phi) is 4.61. The summed E-state index contributed by atoms with van der Waals surface area (Å²) in [6.45, 7) is 4.81. The van der Waals surface area contributed by atoms with Crippen LogP contribution >= 0.6 is 0 Å². The fourth-order valence-electron chi connectivity index (χ4n) is 2.57. The quantitative estimate of drug-likeness (QED) is 0.704. The molecule has 0 bridgehead atoms. The summed E-state index contributed by atoms with van der Waals surface area (Å²) in [6, 6.07) is 10.8. The SMILES string of the molecule is CC1(CNCCCCc2ccccc2)CCC1. The zero-order valence-electron chi connectivity index (χ0n) is 11.0. The van der Waals surface area contributed by atoms with Crippen LogP contribution < -0.4 is 5.32 Å². The molecule has 94 valence electrons. The molecule has 1 saturated carbocycles. The predicted molar refractivity (Wildman–Crippen MR) is 74.2 cm³/mol. The lowest BCUT2D eigenvalue weighted by atomic mass is 9.70. The van der Waals surface area contributed by atoms with Crippen LogP contribution in [0, 0.1) is 5.41 Å². The Morgan fingerprint density at radius 1 is 1.12 bits per heavy atom. The highest BCUT2D eigenvalue weighted by atomic mass is 14.9. The molecule has 0 radical (unpaired) electrons. The van der Waals surface area contributed by atoms with Crippen LogP contribution in [0.15, 0.2) is 30.3 Å². The Bertz CT molecular complexity index is 314. The third-order valence-electron chi connectivity index (χ3n) is 4.02. The zero-order chi connectivity index (χ0) is 12.0. The molecular weight excluding hydrogens is 206 g/mol. The number of nitrogens with one attached hydrogen (secondary N) is 1.